The highest BCUT2D eigenvalue weighted by molar-refractivity contribution is 5.89. The van der Waals surface area contributed by atoms with Gasteiger partial charge >= 0.3 is 0 Å². The fourth-order valence-corrected chi connectivity index (χ4v) is 5.59. The molecule has 4 heterocycles. The molecule has 7 heteroatoms. The van der Waals surface area contributed by atoms with Crippen LogP contribution in [-0.2, 0) is 24.8 Å². The molecular weight excluding hydrogens is 441 g/mol. The number of aryl methyl sites for hydroxylation is 1. The van der Waals surface area contributed by atoms with Gasteiger partial charge in [-0.2, -0.15) is 5.10 Å². The molecule has 2 fully saturated rings. The van der Waals surface area contributed by atoms with Gasteiger partial charge in [0.1, 0.15) is 12.5 Å². The van der Waals surface area contributed by atoms with Gasteiger partial charge in [-0.25, -0.2) is 4.39 Å². The average molecular weight is 478 g/mol. The third-order valence-corrected chi connectivity index (χ3v) is 7.77. The lowest BCUT2D eigenvalue weighted by atomic mass is 9.90. The Kier molecular flexibility index (Phi) is 7.54. The van der Waals surface area contributed by atoms with Crippen LogP contribution < -0.4 is 0 Å². The van der Waals surface area contributed by atoms with Gasteiger partial charge in [-0.3, -0.25) is 19.4 Å². The molecule has 1 aromatic carbocycles. The molecule has 6 nitrogen and oxygen atoms in total. The molecule has 186 valence electrons. The summed E-state index contributed by atoms with van der Waals surface area (Å²) in [6.07, 6.45) is 9.72. The summed E-state index contributed by atoms with van der Waals surface area (Å²) in [5, 5.41) is 6.75. The molecule has 2 aliphatic heterocycles. The van der Waals surface area contributed by atoms with Crippen molar-refractivity contribution in [3.63, 3.8) is 0 Å². The van der Waals surface area contributed by atoms with Gasteiger partial charge in [0.25, 0.3) is 0 Å². The van der Waals surface area contributed by atoms with E-state index in [4.69, 9.17) is 0 Å². The Hall–Kier alpha value is -2.64. The van der Waals surface area contributed by atoms with Crippen LogP contribution >= 0.6 is 0 Å². The maximum atomic E-state index is 12.9. The van der Waals surface area contributed by atoms with Crippen LogP contribution in [0.15, 0.2) is 36.7 Å². The average Bonchev–Trinajstić information content (AvgIpc) is 3.24. The summed E-state index contributed by atoms with van der Waals surface area (Å²) in [5.41, 5.74) is 4.40. The summed E-state index contributed by atoms with van der Waals surface area (Å²) < 4.78 is 14.6. The van der Waals surface area contributed by atoms with Crippen molar-refractivity contribution in [1.82, 2.24) is 24.6 Å². The van der Waals surface area contributed by atoms with E-state index in [9.17, 15) is 9.18 Å². The maximum absolute atomic E-state index is 12.9. The second kappa shape index (κ2) is 11.0. The number of nitrogens with zero attached hydrogens (tertiary/aromatic N) is 5. The summed E-state index contributed by atoms with van der Waals surface area (Å²) in [6.45, 7) is 5.00. The molecule has 0 radical (unpaired) electrons. The Bertz CT molecular complexity index is 1160. The standard InChI is InChI=1S/C28H36FN5O/c1-32-27(20-34-10-3-2-4-11-34)26(19-31-32)22-5-6-23-18-30-25(16-24(23)15-22)17-28(35)21-7-12-33(13-8-21)14-9-29/h5-6,15-16,18-19,21H,2-4,7-14,17,20H2,1H3. The Morgan fingerprint density at radius 3 is 2.57 bits per heavy atom. The molecule has 0 N–H and O–H groups in total. The number of ketones is 1. The van der Waals surface area contributed by atoms with Gasteiger partial charge in [0.15, 0.2) is 0 Å². The third kappa shape index (κ3) is 5.62. The SMILES string of the molecule is Cn1ncc(-c2ccc3cnc(CC(=O)C4CCN(CCF)CC4)cc3c2)c1CN1CCCCC1. The van der Waals surface area contributed by atoms with Gasteiger partial charge in [0.2, 0.25) is 0 Å². The molecular formula is C28H36FN5O. The number of fused-ring (bicyclic) bond motifs is 1. The summed E-state index contributed by atoms with van der Waals surface area (Å²) in [6, 6.07) is 8.53. The number of piperidine rings is 2. The molecule has 0 unspecified atom stereocenters. The molecule has 0 amide bonds. The van der Waals surface area contributed by atoms with Crippen LogP contribution in [0, 0.1) is 5.92 Å². The van der Waals surface area contributed by atoms with Crippen molar-refractivity contribution in [2.24, 2.45) is 13.0 Å². The highest BCUT2D eigenvalue weighted by Gasteiger charge is 2.25. The van der Waals surface area contributed by atoms with E-state index in [2.05, 4.69) is 44.1 Å². The first-order chi connectivity index (χ1) is 17.1. The van der Waals surface area contributed by atoms with E-state index in [1.54, 1.807) is 0 Å². The molecule has 2 saturated heterocycles. The van der Waals surface area contributed by atoms with Crippen molar-refractivity contribution in [3.05, 3.63) is 48.0 Å². The molecule has 0 spiro atoms. The van der Waals surface area contributed by atoms with E-state index in [1.807, 2.05) is 24.1 Å². The number of carbonyl (C=O) groups excluding carboxylic acids is 1. The van der Waals surface area contributed by atoms with Crippen molar-refractivity contribution in [2.45, 2.75) is 45.1 Å². The number of benzene rings is 1. The van der Waals surface area contributed by atoms with Gasteiger partial charge in [0.05, 0.1) is 11.9 Å². The van der Waals surface area contributed by atoms with Gasteiger partial charge < -0.3 is 4.90 Å². The minimum Gasteiger partial charge on any atom is -0.301 e. The Balaban J connectivity index is 1.31. The van der Waals surface area contributed by atoms with E-state index >= 15 is 0 Å². The fraction of sp³-hybridized carbons (Fsp3) is 0.536. The van der Waals surface area contributed by atoms with Crippen molar-refractivity contribution in [2.75, 3.05) is 39.4 Å². The lowest BCUT2D eigenvalue weighted by Crippen LogP contribution is -2.37. The van der Waals surface area contributed by atoms with E-state index in [1.165, 1.54) is 30.5 Å². The molecule has 0 saturated carbocycles. The topological polar surface area (TPSA) is 54.3 Å². The van der Waals surface area contributed by atoms with E-state index in [0.717, 1.165) is 67.6 Å². The van der Waals surface area contributed by atoms with Gasteiger partial charge in [-0.15, -0.1) is 0 Å². The van der Waals surface area contributed by atoms with Crippen LogP contribution in [0.5, 0.6) is 0 Å². The number of rotatable bonds is 8. The van der Waals surface area contributed by atoms with Crippen LogP contribution in [0.25, 0.3) is 21.9 Å². The Labute approximate surface area is 207 Å². The molecule has 2 aliphatic rings. The van der Waals surface area contributed by atoms with Crippen LogP contribution in [0.4, 0.5) is 4.39 Å². The number of aromatic nitrogens is 3. The predicted molar refractivity (Wildman–Crippen MR) is 137 cm³/mol. The van der Waals surface area contributed by atoms with Crippen LogP contribution in [0.3, 0.4) is 0 Å². The lowest BCUT2D eigenvalue weighted by molar-refractivity contribution is -0.123. The van der Waals surface area contributed by atoms with Crippen LogP contribution in [0.2, 0.25) is 0 Å². The minimum atomic E-state index is -0.319. The van der Waals surface area contributed by atoms with Crippen molar-refractivity contribution in [3.8, 4) is 11.1 Å². The van der Waals surface area contributed by atoms with Crippen molar-refractivity contribution in [1.29, 1.82) is 0 Å². The molecule has 35 heavy (non-hydrogen) atoms. The van der Waals surface area contributed by atoms with Crippen molar-refractivity contribution >= 4 is 16.6 Å². The number of hydrogen-bond acceptors (Lipinski definition) is 5. The fourth-order valence-electron chi connectivity index (χ4n) is 5.59. The second-order valence-electron chi connectivity index (χ2n) is 10.2. The van der Waals surface area contributed by atoms with Crippen LogP contribution in [-0.4, -0.2) is 69.7 Å². The second-order valence-corrected chi connectivity index (χ2v) is 10.2. The highest BCUT2D eigenvalue weighted by Crippen LogP contribution is 2.29. The van der Waals surface area contributed by atoms with Crippen molar-refractivity contribution < 1.29 is 9.18 Å². The van der Waals surface area contributed by atoms with Gasteiger partial charge in [0, 0.05) is 55.3 Å². The number of hydrogen-bond donors (Lipinski definition) is 0. The summed E-state index contributed by atoms with van der Waals surface area (Å²) in [7, 11) is 2.03. The number of carbonyl (C=O) groups is 1. The van der Waals surface area contributed by atoms with E-state index in [0.29, 0.717) is 13.0 Å². The quantitative estimate of drug-likeness (QED) is 0.481. The minimum absolute atomic E-state index is 0.0578. The molecule has 0 aliphatic carbocycles. The molecule has 3 aromatic rings. The predicted octanol–water partition coefficient (Wildman–Crippen LogP) is 4.41. The van der Waals surface area contributed by atoms with Gasteiger partial charge in [-0.1, -0.05) is 18.6 Å². The summed E-state index contributed by atoms with van der Waals surface area (Å²) in [4.78, 5) is 22.2. The Morgan fingerprint density at radius 1 is 1.00 bits per heavy atom. The smallest absolute Gasteiger partial charge is 0.142 e. The largest absolute Gasteiger partial charge is 0.301 e. The number of Topliss-reactive ketones (excluding diaryl/α,β-unsaturated/α-hetero) is 1. The Morgan fingerprint density at radius 2 is 1.80 bits per heavy atom. The first-order valence-corrected chi connectivity index (χ1v) is 13.0. The number of alkyl halides is 1. The molecule has 5 rings (SSSR count). The number of pyridine rings is 1. The third-order valence-electron chi connectivity index (χ3n) is 7.77. The number of likely N-dealkylation sites (tertiary alicyclic amines) is 2. The first-order valence-electron chi connectivity index (χ1n) is 13.0. The zero-order valence-corrected chi connectivity index (χ0v) is 20.8. The first kappa shape index (κ1) is 24.1. The van der Waals surface area contributed by atoms with Gasteiger partial charge in [-0.05, 0) is 74.9 Å². The van der Waals surface area contributed by atoms with E-state index < -0.39 is 0 Å². The van der Waals surface area contributed by atoms with E-state index in [-0.39, 0.29) is 18.4 Å². The monoisotopic (exact) mass is 477 g/mol. The summed E-state index contributed by atoms with van der Waals surface area (Å²) >= 11 is 0. The zero-order chi connectivity index (χ0) is 24.2. The molecule has 0 bridgehead atoms. The highest BCUT2D eigenvalue weighted by atomic mass is 19.1. The lowest BCUT2D eigenvalue weighted by Gasteiger charge is -2.30. The summed E-state index contributed by atoms with van der Waals surface area (Å²) in [5.74, 6) is 0.311. The molecule has 0 atom stereocenters. The number of halogens is 1. The van der Waals surface area contributed by atoms with Crippen LogP contribution in [0.1, 0.15) is 43.5 Å². The maximum Gasteiger partial charge on any atom is 0.142 e. The normalized spacial score (nSPS) is 18.3. The molecule has 2 aromatic heterocycles. The zero-order valence-electron chi connectivity index (χ0n) is 20.8.